The van der Waals surface area contributed by atoms with Crippen LogP contribution in [-0.2, 0) is 7.05 Å². The molecule has 1 saturated carbocycles. The summed E-state index contributed by atoms with van der Waals surface area (Å²) in [6.07, 6.45) is 10.1. The second-order valence-corrected chi connectivity index (χ2v) is 5.75. The van der Waals surface area contributed by atoms with E-state index in [0.29, 0.717) is 5.41 Å². The summed E-state index contributed by atoms with van der Waals surface area (Å²) < 4.78 is 1.69. The van der Waals surface area contributed by atoms with Crippen LogP contribution >= 0.6 is 0 Å². The van der Waals surface area contributed by atoms with Gasteiger partial charge in [-0.3, -0.25) is 4.68 Å². The lowest BCUT2D eigenvalue weighted by Gasteiger charge is -2.52. The Morgan fingerprint density at radius 2 is 2.06 bits per heavy atom. The molecule has 18 heavy (non-hydrogen) atoms. The maximum Gasteiger partial charge on any atom is 0.321 e. The highest BCUT2D eigenvalue weighted by Gasteiger charge is 2.45. The molecule has 5 heteroatoms. The van der Waals surface area contributed by atoms with Crippen LogP contribution in [0.2, 0.25) is 0 Å². The van der Waals surface area contributed by atoms with Gasteiger partial charge < -0.3 is 10.2 Å². The van der Waals surface area contributed by atoms with Crippen molar-refractivity contribution in [2.45, 2.75) is 32.1 Å². The normalized spacial score (nSPS) is 21.7. The average molecular weight is 248 g/mol. The molecule has 0 bridgehead atoms. The molecule has 2 heterocycles. The molecule has 2 aliphatic rings. The van der Waals surface area contributed by atoms with E-state index in [1.165, 1.54) is 32.1 Å². The molecule has 98 valence electrons. The van der Waals surface area contributed by atoms with Crippen LogP contribution in [0.5, 0.6) is 0 Å². The number of anilines is 1. The topological polar surface area (TPSA) is 50.2 Å². The molecule has 1 saturated heterocycles. The lowest BCUT2D eigenvalue weighted by atomic mass is 9.69. The van der Waals surface area contributed by atoms with E-state index in [0.717, 1.165) is 18.8 Å². The summed E-state index contributed by atoms with van der Waals surface area (Å²) in [5, 5.41) is 6.93. The lowest BCUT2D eigenvalue weighted by Crippen LogP contribution is -2.60. The average Bonchev–Trinajstić information content (AvgIpc) is 2.72. The SMILES string of the molecule is Cn1cc(NC(=O)N2CC3(CCCCC3)C2)cn1. The summed E-state index contributed by atoms with van der Waals surface area (Å²) >= 11 is 0. The number of rotatable bonds is 1. The fourth-order valence-electron chi connectivity index (χ4n) is 3.21. The number of hydrogen-bond donors (Lipinski definition) is 1. The number of nitrogens with zero attached hydrogens (tertiary/aromatic N) is 3. The number of likely N-dealkylation sites (tertiary alicyclic amines) is 1. The standard InChI is InChI=1S/C13H20N4O/c1-16-8-11(7-14-16)15-12(18)17-9-13(10-17)5-3-2-4-6-13/h7-8H,2-6,9-10H2,1H3,(H,15,18). The van der Waals surface area contributed by atoms with Gasteiger partial charge in [0.1, 0.15) is 0 Å². The third-order valence-electron chi connectivity index (χ3n) is 4.21. The first-order chi connectivity index (χ1) is 8.67. The molecule has 2 amide bonds. The Hall–Kier alpha value is -1.52. The Morgan fingerprint density at radius 1 is 1.33 bits per heavy atom. The third kappa shape index (κ3) is 2.09. The Morgan fingerprint density at radius 3 is 2.67 bits per heavy atom. The number of urea groups is 1. The lowest BCUT2D eigenvalue weighted by molar-refractivity contribution is 0.00515. The molecule has 0 aromatic carbocycles. The second-order valence-electron chi connectivity index (χ2n) is 5.75. The zero-order valence-electron chi connectivity index (χ0n) is 10.9. The zero-order valence-corrected chi connectivity index (χ0v) is 10.9. The van der Waals surface area contributed by atoms with E-state index in [4.69, 9.17) is 0 Å². The largest absolute Gasteiger partial charge is 0.323 e. The van der Waals surface area contributed by atoms with Crippen LogP contribution in [0.1, 0.15) is 32.1 Å². The van der Waals surface area contributed by atoms with Gasteiger partial charge in [0, 0.05) is 31.7 Å². The Kier molecular flexibility index (Phi) is 2.76. The van der Waals surface area contributed by atoms with E-state index >= 15 is 0 Å². The van der Waals surface area contributed by atoms with Gasteiger partial charge in [-0.25, -0.2) is 4.79 Å². The van der Waals surface area contributed by atoms with Gasteiger partial charge in [0.2, 0.25) is 0 Å². The molecule has 3 rings (SSSR count). The molecule has 2 fully saturated rings. The number of carbonyl (C=O) groups is 1. The van der Waals surface area contributed by atoms with Crippen LogP contribution < -0.4 is 5.32 Å². The Bertz CT molecular complexity index is 440. The van der Waals surface area contributed by atoms with Gasteiger partial charge in [-0.1, -0.05) is 19.3 Å². The van der Waals surface area contributed by atoms with Gasteiger partial charge in [-0.2, -0.15) is 5.10 Å². The first-order valence-electron chi connectivity index (χ1n) is 6.72. The van der Waals surface area contributed by atoms with E-state index in [9.17, 15) is 4.79 Å². The fraction of sp³-hybridized carbons (Fsp3) is 0.692. The highest BCUT2D eigenvalue weighted by Crippen LogP contribution is 2.43. The first-order valence-corrected chi connectivity index (χ1v) is 6.72. The fourth-order valence-corrected chi connectivity index (χ4v) is 3.21. The van der Waals surface area contributed by atoms with Crippen molar-refractivity contribution in [3.63, 3.8) is 0 Å². The summed E-state index contributed by atoms with van der Waals surface area (Å²) in [5.41, 5.74) is 1.22. The minimum atomic E-state index is 0.0131. The van der Waals surface area contributed by atoms with E-state index in [1.807, 2.05) is 18.1 Å². The van der Waals surface area contributed by atoms with Gasteiger partial charge in [0.25, 0.3) is 0 Å². The number of amides is 2. The van der Waals surface area contributed by atoms with Gasteiger partial charge >= 0.3 is 6.03 Å². The Labute approximate surface area is 107 Å². The van der Waals surface area contributed by atoms with Crippen LogP contribution in [0.3, 0.4) is 0 Å². The maximum absolute atomic E-state index is 12.0. The first kappa shape index (κ1) is 11.6. The van der Waals surface area contributed by atoms with Crippen molar-refractivity contribution in [1.82, 2.24) is 14.7 Å². The Balaban J connectivity index is 1.53. The molecule has 1 aliphatic heterocycles. The van der Waals surface area contributed by atoms with Crippen molar-refractivity contribution in [3.8, 4) is 0 Å². The monoisotopic (exact) mass is 248 g/mol. The molecule has 1 aromatic heterocycles. The van der Waals surface area contributed by atoms with Crippen LogP contribution in [0.4, 0.5) is 10.5 Å². The zero-order chi connectivity index (χ0) is 12.6. The summed E-state index contributed by atoms with van der Waals surface area (Å²) in [7, 11) is 1.84. The summed E-state index contributed by atoms with van der Waals surface area (Å²) in [6.45, 7) is 1.86. The van der Waals surface area contributed by atoms with Crippen molar-refractivity contribution < 1.29 is 4.79 Å². The second kappa shape index (κ2) is 4.30. The minimum Gasteiger partial charge on any atom is -0.323 e. The third-order valence-corrected chi connectivity index (χ3v) is 4.21. The quantitative estimate of drug-likeness (QED) is 0.828. The molecule has 0 unspecified atom stereocenters. The summed E-state index contributed by atoms with van der Waals surface area (Å²) in [4.78, 5) is 13.9. The summed E-state index contributed by atoms with van der Waals surface area (Å²) in [5.74, 6) is 0. The number of aryl methyl sites for hydroxylation is 1. The number of aromatic nitrogens is 2. The van der Waals surface area contributed by atoms with Gasteiger partial charge in [-0.15, -0.1) is 0 Å². The molecule has 1 spiro atoms. The smallest absolute Gasteiger partial charge is 0.321 e. The molecule has 1 N–H and O–H groups in total. The molecule has 0 atom stereocenters. The van der Waals surface area contributed by atoms with Crippen molar-refractivity contribution in [2.75, 3.05) is 18.4 Å². The molecule has 1 aromatic rings. The number of nitrogens with one attached hydrogen (secondary N) is 1. The van der Waals surface area contributed by atoms with Crippen LogP contribution in [0, 0.1) is 5.41 Å². The van der Waals surface area contributed by atoms with Crippen molar-refractivity contribution in [2.24, 2.45) is 12.5 Å². The predicted octanol–water partition coefficient (Wildman–Crippen LogP) is 2.22. The van der Waals surface area contributed by atoms with E-state index in [1.54, 1.807) is 10.9 Å². The summed E-state index contributed by atoms with van der Waals surface area (Å²) in [6, 6.07) is 0.0131. The van der Waals surface area contributed by atoms with Crippen molar-refractivity contribution >= 4 is 11.7 Å². The van der Waals surface area contributed by atoms with Crippen molar-refractivity contribution in [3.05, 3.63) is 12.4 Å². The molecular formula is C13H20N4O. The number of hydrogen-bond acceptors (Lipinski definition) is 2. The van der Waals surface area contributed by atoms with E-state index in [-0.39, 0.29) is 6.03 Å². The van der Waals surface area contributed by atoms with Gasteiger partial charge in [-0.05, 0) is 12.8 Å². The van der Waals surface area contributed by atoms with Crippen LogP contribution in [0.25, 0.3) is 0 Å². The minimum absolute atomic E-state index is 0.0131. The van der Waals surface area contributed by atoms with Gasteiger partial charge in [0.15, 0.2) is 0 Å². The molecule has 1 aliphatic carbocycles. The predicted molar refractivity (Wildman–Crippen MR) is 69.3 cm³/mol. The van der Waals surface area contributed by atoms with Crippen molar-refractivity contribution in [1.29, 1.82) is 0 Å². The highest BCUT2D eigenvalue weighted by molar-refractivity contribution is 5.89. The van der Waals surface area contributed by atoms with Gasteiger partial charge in [0.05, 0.1) is 11.9 Å². The van der Waals surface area contributed by atoms with E-state index < -0.39 is 0 Å². The maximum atomic E-state index is 12.0. The van der Waals surface area contributed by atoms with Crippen LogP contribution in [-0.4, -0.2) is 33.8 Å². The highest BCUT2D eigenvalue weighted by atomic mass is 16.2. The number of carbonyl (C=O) groups excluding carboxylic acids is 1. The molecular weight excluding hydrogens is 228 g/mol. The molecule has 5 nitrogen and oxygen atoms in total. The molecule has 0 radical (unpaired) electrons. The van der Waals surface area contributed by atoms with E-state index in [2.05, 4.69) is 10.4 Å². The van der Waals surface area contributed by atoms with Crippen LogP contribution in [0.15, 0.2) is 12.4 Å².